The van der Waals surface area contributed by atoms with E-state index in [0.717, 1.165) is 10.3 Å². The molecule has 139 valence electrons. The quantitative estimate of drug-likeness (QED) is 0.571. The summed E-state index contributed by atoms with van der Waals surface area (Å²) in [6, 6.07) is 14.7. The predicted molar refractivity (Wildman–Crippen MR) is 112 cm³/mol. The first-order chi connectivity index (χ1) is 11.9. The number of amides is 1. The molecule has 1 aliphatic carbocycles. The standard InChI is InChI=1S/C13H9.C5H11NO.C2H7Si.2ClH.Ti/c1-3-7-12-10(5-1)9-11-6-2-4-8-13(11)12;1-5(2,3)4(6)7;1-3-2;;;/h1-5,7-8H,9H2;1-3H3,(H2,6,7);3H,1-2H3;2*1H;/q;;;;;+3/p-3. The van der Waals surface area contributed by atoms with E-state index >= 15 is 0 Å². The number of carbonyl (C=O) groups is 1. The summed E-state index contributed by atoms with van der Waals surface area (Å²) in [7, 11) is 14.7. The van der Waals surface area contributed by atoms with Crippen LogP contribution in [0.25, 0.3) is 11.1 Å². The number of nitrogens with one attached hydrogen (secondary N) is 1. The van der Waals surface area contributed by atoms with Gasteiger partial charge in [-0.1, -0.05) is 0 Å². The molecule has 0 bridgehead atoms. The van der Waals surface area contributed by atoms with Crippen LogP contribution in [0.5, 0.6) is 0 Å². The molecule has 0 spiro atoms. The van der Waals surface area contributed by atoms with Gasteiger partial charge in [0.2, 0.25) is 0 Å². The van der Waals surface area contributed by atoms with E-state index in [0.29, 0.717) is 0 Å². The molecule has 0 saturated carbocycles. The fourth-order valence-corrected chi connectivity index (χ4v) is 15.8. The summed E-state index contributed by atoms with van der Waals surface area (Å²) in [6.45, 7) is 8.39. The Balaban J connectivity index is 2.19. The maximum atomic E-state index is 12.9. The first kappa shape index (κ1) is 20.2. The molecular weight excluding hydrogens is 417 g/mol. The van der Waals surface area contributed by atoms with Crippen molar-refractivity contribution in [1.29, 1.82) is 0 Å². The summed E-state index contributed by atoms with van der Waals surface area (Å²) in [5.74, 6) is -0.0613. The van der Waals surface area contributed by atoms with Crippen molar-refractivity contribution < 1.29 is 17.5 Å². The monoisotopic (exact) mass is 442 g/mol. The van der Waals surface area contributed by atoms with E-state index in [-0.39, 0.29) is 5.91 Å². The molecule has 0 atom stereocenters. The third-order valence-corrected chi connectivity index (χ3v) is 35.4. The summed E-state index contributed by atoms with van der Waals surface area (Å²) in [5, 5.41) is 0. The van der Waals surface area contributed by atoms with E-state index in [2.05, 4.69) is 53.3 Å². The molecule has 3 rings (SSSR count). The van der Waals surface area contributed by atoms with Gasteiger partial charge < -0.3 is 0 Å². The van der Waals surface area contributed by atoms with Crippen LogP contribution in [0.2, 0.25) is 13.1 Å². The van der Waals surface area contributed by atoms with Crippen molar-refractivity contribution in [2.24, 2.45) is 5.41 Å². The topological polar surface area (TPSA) is 29.1 Å². The molecule has 1 N–H and O–H groups in total. The second-order valence-electron chi connectivity index (χ2n) is 8.61. The SMILES string of the molecule is C[SiH](C)[Ti]([Cl])([Cl])([NH]C(=O)C(C)(C)C)[c]1cccc2c1Cc1ccccc1-2. The molecule has 0 heterocycles. The van der Waals surface area contributed by atoms with Crippen LogP contribution >= 0.6 is 18.6 Å². The molecule has 0 radical (unpaired) electrons. The predicted octanol–water partition coefficient (Wildman–Crippen LogP) is 4.94. The van der Waals surface area contributed by atoms with Crippen LogP contribution in [0.1, 0.15) is 31.9 Å². The second-order valence-corrected chi connectivity index (χ2v) is 36.0. The van der Waals surface area contributed by atoms with Crippen LogP contribution in [0.3, 0.4) is 0 Å². The Morgan fingerprint density at radius 3 is 2.27 bits per heavy atom. The van der Waals surface area contributed by atoms with Gasteiger partial charge in [0.05, 0.1) is 0 Å². The van der Waals surface area contributed by atoms with Gasteiger partial charge in [-0.15, -0.1) is 0 Å². The van der Waals surface area contributed by atoms with E-state index in [9.17, 15) is 4.79 Å². The van der Waals surface area contributed by atoms with Crippen molar-refractivity contribution >= 4 is 35.0 Å². The number of fused-ring (bicyclic) bond motifs is 3. The van der Waals surface area contributed by atoms with E-state index in [4.69, 9.17) is 18.6 Å². The minimum absolute atomic E-state index is 0.0613. The minimum atomic E-state index is -4.43. The maximum absolute atomic E-state index is 12.9. The van der Waals surface area contributed by atoms with Gasteiger partial charge in [-0.05, 0) is 0 Å². The fraction of sp³-hybridized carbons (Fsp3) is 0.350. The molecule has 2 aromatic carbocycles. The van der Waals surface area contributed by atoms with Crippen molar-refractivity contribution in [2.45, 2.75) is 40.3 Å². The zero-order valence-corrected chi connectivity index (χ0v) is 20.2. The molecule has 0 saturated heterocycles. The van der Waals surface area contributed by atoms with Gasteiger partial charge in [-0.3, -0.25) is 0 Å². The molecule has 6 heteroatoms. The summed E-state index contributed by atoms with van der Waals surface area (Å²) in [5.41, 5.74) is 4.42. The van der Waals surface area contributed by atoms with Crippen LogP contribution in [-0.4, -0.2) is 12.6 Å². The summed E-state index contributed by atoms with van der Waals surface area (Å²) in [4.78, 5) is 12.9. The zero-order chi connectivity index (χ0) is 19.4. The number of hydrogen-bond donors (Lipinski definition) is 1. The second kappa shape index (κ2) is 6.49. The van der Waals surface area contributed by atoms with E-state index in [1.54, 1.807) is 0 Å². The van der Waals surface area contributed by atoms with Crippen LogP contribution in [0.4, 0.5) is 0 Å². The average Bonchev–Trinajstić information content (AvgIpc) is 2.92. The van der Waals surface area contributed by atoms with Crippen LogP contribution < -0.4 is 7.67 Å². The molecule has 26 heavy (non-hydrogen) atoms. The van der Waals surface area contributed by atoms with Gasteiger partial charge in [-0.2, -0.15) is 0 Å². The van der Waals surface area contributed by atoms with Gasteiger partial charge >= 0.3 is 167 Å². The van der Waals surface area contributed by atoms with Crippen molar-refractivity contribution in [3.05, 3.63) is 53.6 Å². The van der Waals surface area contributed by atoms with E-state index in [1.807, 2.05) is 26.8 Å². The first-order valence-corrected chi connectivity index (χ1v) is 20.5. The van der Waals surface area contributed by atoms with Gasteiger partial charge in [0, 0.05) is 0 Å². The number of benzene rings is 2. The fourth-order valence-electron chi connectivity index (χ4n) is 3.50. The Morgan fingerprint density at radius 2 is 1.65 bits per heavy atom. The van der Waals surface area contributed by atoms with Crippen molar-refractivity contribution in [1.82, 2.24) is 3.80 Å². The molecular formula is C20H26Cl2NOSiTi. The number of carbonyl (C=O) groups excluding carboxylic acids is 1. The van der Waals surface area contributed by atoms with Gasteiger partial charge in [0.1, 0.15) is 0 Å². The molecule has 0 unspecified atom stereocenters. The van der Waals surface area contributed by atoms with Gasteiger partial charge in [-0.25, -0.2) is 0 Å². The summed E-state index contributed by atoms with van der Waals surface area (Å²) < 4.78 is 4.24. The molecule has 0 fully saturated rings. The molecule has 2 aromatic rings. The van der Waals surface area contributed by atoms with Crippen LogP contribution in [0, 0.1) is 5.41 Å². The van der Waals surface area contributed by atoms with Crippen molar-refractivity contribution in [2.75, 3.05) is 0 Å². The van der Waals surface area contributed by atoms with Crippen LogP contribution in [-0.2, 0) is 23.9 Å². The van der Waals surface area contributed by atoms with Crippen LogP contribution in [0.15, 0.2) is 42.5 Å². The van der Waals surface area contributed by atoms with E-state index in [1.165, 1.54) is 22.3 Å². The number of halogens is 2. The van der Waals surface area contributed by atoms with Crippen molar-refractivity contribution in [3.8, 4) is 11.1 Å². The van der Waals surface area contributed by atoms with Gasteiger partial charge in [0.25, 0.3) is 0 Å². The summed E-state index contributed by atoms with van der Waals surface area (Å²) >= 11 is -4.43. The Kier molecular flexibility index (Phi) is 5.04. The molecule has 0 aromatic heterocycles. The Labute approximate surface area is 166 Å². The normalized spacial score (nSPS) is 15.2. The first-order valence-electron chi connectivity index (χ1n) is 9.05. The molecule has 1 amide bonds. The Hall–Kier alpha value is -0.579. The molecule has 1 aliphatic rings. The molecule has 2 nitrogen and oxygen atoms in total. The Bertz CT molecular complexity index is 890. The van der Waals surface area contributed by atoms with Gasteiger partial charge in [0.15, 0.2) is 0 Å². The molecule has 0 aliphatic heterocycles. The summed E-state index contributed by atoms with van der Waals surface area (Å²) in [6.07, 6.45) is 0.826. The third-order valence-electron chi connectivity index (χ3n) is 5.38. The van der Waals surface area contributed by atoms with E-state index < -0.39 is 24.8 Å². The Morgan fingerprint density at radius 1 is 1.04 bits per heavy atom. The number of hydrogen-bond acceptors (Lipinski definition) is 1. The van der Waals surface area contributed by atoms with Crippen molar-refractivity contribution in [3.63, 3.8) is 0 Å². The third kappa shape index (κ3) is 3.23. The average molecular weight is 443 g/mol. The number of rotatable bonds is 3. The zero-order valence-electron chi connectivity index (χ0n) is 16.0.